The molecular weight excluding hydrogens is 342 g/mol. The summed E-state index contributed by atoms with van der Waals surface area (Å²) >= 11 is 0. The van der Waals surface area contributed by atoms with Crippen molar-refractivity contribution in [3.8, 4) is 11.1 Å². The van der Waals surface area contributed by atoms with Crippen LogP contribution in [-0.2, 0) is 19.4 Å². The van der Waals surface area contributed by atoms with Crippen molar-refractivity contribution in [2.75, 3.05) is 13.2 Å². The van der Waals surface area contributed by atoms with Gasteiger partial charge in [-0.15, -0.1) is 0 Å². The first-order valence-corrected chi connectivity index (χ1v) is 9.42. The van der Waals surface area contributed by atoms with Gasteiger partial charge in [0.1, 0.15) is 0 Å². The number of amides is 1. The first kappa shape index (κ1) is 17.6. The van der Waals surface area contributed by atoms with Crippen molar-refractivity contribution in [2.45, 2.75) is 22.5 Å². The molecule has 1 fully saturated rings. The van der Waals surface area contributed by atoms with Crippen LogP contribution in [0.2, 0.25) is 0 Å². The summed E-state index contributed by atoms with van der Waals surface area (Å²) in [4.78, 5) is 12.3. The number of sulfone groups is 1. The lowest BCUT2D eigenvalue weighted by Gasteiger charge is -2.34. The zero-order chi connectivity index (χ0) is 17.9. The molecule has 6 nitrogen and oxygen atoms in total. The van der Waals surface area contributed by atoms with Crippen LogP contribution in [0.3, 0.4) is 0 Å². The van der Waals surface area contributed by atoms with Crippen molar-refractivity contribution < 1.29 is 23.2 Å². The second kappa shape index (κ2) is 6.95. The van der Waals surface area contributed by atoms with Gasteiger partial charge < -0.3 is 4.74 Å². The van der Waals surface area contributed by atoms with E-state index in [1.807, 2.05) is 30.3 Å². The van der Waals surface area contributed by atoms with Crippen molar-refractivity contribution in [1.82, 2.24) is 5.48 Å². The monoisotopic (exact) mass is 361 g/mol. The van der Waals surface area contributed by atoms with Crippen LogP contribution in [0.15, 0.2) is 59.5 Å². The van der Waals surface area contributed by atoms with Crippen LogP contribution < -0.4 is 5.48 Å². The topological polar surface area (TPSA) is 92.7 Å². The molecule has 1 aliphatic rings. The Morgan fingerprint density at radius 1 is 0.960 bits per heavy atom. The molecule has 1 aliphatic heterocycles. The summed E-state index contributed by atoms with van der Waals surface area (Å²) in [6, 6.07) is 16.0. The molecule has 1 amide bonds. The SMILES string of the molecule is O=C(NO)C1(S(=O)(=O)c2ccc(-c3ccccc3)cc2)CCOCC1. The highest BCUT2D eigenvalue weighted by atomic mass is 32.2. The number of carbonyl (C=O) groups is 1. The second-order valence-corrected chi connectivity index (χ2v) is 8.20. The number of hydrogen-bond acceptors (Lipinski definition) is 5. The predicted octanol–water partition coefficient (Wildman–Crippen LogP) is 2.18. The Bertz CT molecular complexity index is 841. The van der Waals surface area contributed by atoms with Crippen molar-refractivity contribution in [3.05, 3.63) is 54.6 Å². The summed E-state index contributed by atoms with van der Waals surface area (Å²) in [6.07, 6.45) is 0.00429. The van der Waals surface area contributed by atoms with Crippen molar-refractivity contribution >= 4 is 15.7 Å². The zero-order valence-electron chi connectivity index (χ0n) is 13.5. The molecule has 132 valence electrons. The molecule has 2 aromatic rings. The fourth-order valence-electron chi connectivity index (χ4n) is 3.10. The molecule has 0 radical (unpaired) electrons. The van der Waals surface area contributed by atoms with Gasteiger partial charge in [0.2, 0.25) is 0 Å². The summed E-state index contributed by atoms with van der Waals surface area (Å²) in [5.41, 5.74) is 3.37. The highest BCUT2D eigenvalue weighted by Gasteiger charge is 2.52. The quantitative estimate of drug-likeness (QED) is 0.643. The summed E-state index contributed by atoms with van der Waals surface area (Å²) in [7, 11) is -3.99. The maximum absolute atomic E-state index is 13.1. The maximum Gasteiger partial charge on any atom is 0.265 e. The minimum absolute atomic E-state index is 0.00215. The fourth-order valence-corrected chi connectivity index (χ4v) is 5.04. The van der Waals surface area contributed by atoms with Gasteiger partial charge in [-0.3, -0.25) is 10.0 Å². The number of benzene rings is 2. The normalized spacial score (nSPS) is 17.0. The Hall–Kier alpha value is -2.22. The molecule has 0 aromatic heterocycles. The summed E-state index contributed by atoms with van der Waals surface area (Å²) in [6.45, 7) is 0.295. The van der Waals surface area contributed by atoms with Crippen LogP contribution in [0.5, 0.6) is 0 Å². The van der Waals surface area contributed by atoms with Crippen LogP contribution in [-0.4, -0.2) is 37.5 Å². The van der Waals surface area contributed by atoms with Crippen LogP contribution in [0.4, 0.5) is 0 Å². The summed E-state index contributed by atoms with van der Waals surface area (Å²) < 4.78 is 29.7. The average Bonchev–Trinajstić information content (AvgIpc) is 2.68. The molecule has 1 saturated heterocycles. The molecular formula is C18H19NO5S. The lowest BCUT2D eigenvalue weighted by molar-refractivity contribution is -0.134. The van der Waals surface area contributed by atoms with Gasteiger partial charge in [-0.25, -0.2) is 13.9 Å². The Morgan fingerprint density at radius 3 is 2.08 bits per heavy atom. The van der Waals surface area contributed by atoms with E-state index in [0.717, 1.165) is 11.1 Å². The molecule has 0 aliphatic carbocycles. The first-order chi connectivity index (χ1) is 12.0. The molecule has 2 aromatic carbocycles. The van der Waals surface area contributed by atoms with Gasteiger partial charge in [0.05, 0.1) is 4.90 Å². The van der Waals surface area contributed by atoms with Gasteiger partial charge >= 0.3 is 0 Å². The van der Waals surface area contributed by atoms with Crippen LogP contribution in [0.1, 0.15) is 12.8 Å². The van der Waals surface area contributed by atoms with Gasteiger partial charge in [-0.2, -0.15) is 0 Å². The standard InChI is InChI=1S/C18H19NO5S/c20-17(19-21)18(10-12-24-13-11-18)25(22,23)16-8-6-15(7-9-16)14-4-2-1-3-5-14/h1-9,21H,10-13H2,(H,19,20). The van der Waals surface area contributed by atoms with E-state index in [2.05, 4.69) is 0 Å². The van der Waals surface area contributed by atoms with E-state index < -0.39 is 20.5 Å². The minimum atomic E-state index is -3.99. The smallest absolute Gasteiger partial charge is 0.265 e. The molecule has 1 heterocycles. The third-order valence-corrected chi connectivity index (χ3v) is 7.12. The largest absolute Gasteiger partial charge is 0.381 e. The van der Waals surface area contributed by atoms with Crippen LogP contribution in [0.25, 0.3) is 11.1 Å². The van der Waals surface area contributed by atoms with Gasteiger partial charge in [0.15, 0.2) is 14.6 Å². The lowest BCUT2D eigenvalue weighted by atomic mass is 9.98. The van der Waals surface area contributed by atoms with E-state index >= 15 is 0 Å². The summed E-state index contributed by atoms with van der Waals surface area (Å²) in [5.74, 6) is -0.914. The Kier molecular flexibility index (Phi) is 4.89. The molecule has 0 unspecified atom stereocenters. The molecule has 2 N–H and O–H groups in total. The van der Waals surface area contributed by atoms with Gasteiger partial charge in [0, 0.05) is 13.2 Å². The second-order valence-electron chi connectivity index (χ2n) is 5.94. The van der Waals surface area contributed by atoms with Crippen molar-refractivity contribution in [1.29, 1.82) is 0 Å². The number of carbonyl (C=O) groups excluding carboxylic acids is 1. The minimum Gasteiger partial charge on any atom is -0.381 e. The highest BCUT2D eigenvalue weighted by Crippen LogP contribution is 2.35. The molecule has 0 atom stereocenters. The van der Waals surface area contributed by atoms with Gasteiger partial charge in [-0.1, -0.05) is 42.5 Å². The molecule has 7 heteroatoms. The van der Waals surface area contributed by atoms with E-state index in [1.54, 1.807) is 12.1 Å². The maximum atomic E-state index is 13.1. The average molecular weight is 361 g/mol. The third kappa shape index (κ3) is 3.06. The number of ether oxygens (including phenoxy) is 1. The summed E-state index contributed by atoms with van der Waals surface area (Å²) in [5, 5.41) is 9.05. The number of hydrogen-bond donors (Lipinski definition) is 2. The fraction of sp³-hybridized carbons (Fsp3) is 0.278. The number of rotatable bonds is 4. The Balaban J connectivity index is 2.00. The Labute approximate surface area is 146 Å². The van der Waals surface area contributed by atoms with E-state index in [4.69, 9.17) is 9.94 Å². The Morgan fingerprint density at radius 2 is 1.52 bits per heavy atom. The first-order valence-electron chi connectivity index (χ1n) is 7.94. The van der Waals surface area contributed by atoms with E-state index in [9.17, 15) is 13.2 Å². The lowest BCUT2D eigenvalue weighted by Crippen LogP contribution is -2.54. The zero-order valence-corrected chi connectivity index (χ0v) is 14.3. The third-order valence-electron chi connectivity index (χ3n) is 4.60. The van der Waals surface area contributed by atoms with Gasteiger partial charge in [-0.05, 0) is 36.1 Å². The number of nitrogens with one attached hydrogen (secondary N) is 1. The van der Waals surface area contributed by atoms with Gasteiger partial charge in [0.25, 0.3) is 5.91 Å². The van der Waals surface area contributed by atoms with Crippen molar-refractivity contribution in [2.24, 2.45) is 0 Å². The van der Waals surface area contributed by atoms with Crippen LogP contribution >= 0.6 is 0 Å². The van der Waals surface area contributed by atoms with E-state index in [-0.39, 0.29) is 31.0 Å². The molecule has 3 rings (SSSR count). The molecule has 0 saturated carbocycles. The van der Waals surface area contributed by atoms with Crippen molar-refractivity contribution in [3.63, 3.8) is 0 Å². The molecule has 25 heavy (non-hydrogen) atoms. The van der Waals surface area contributed by atoms with E-state index in [0.29, 0.717) is 0 Å². The van der Waals surface area contributed by atoms with E-state index in [1.165, 1.54) is 17.6 Å². The molecule has 0 bridgehead atoms. The predicted molar refractivity (Wildman–Crippen MR) is 91.8 cm³/mol. The number of hydroxylamine groups is 1. The van der Waals surface area contributed by atoms with Crippen LogP contribution in [0, 0.1) is 0 Å². The highest BCUT2D eigenvalue weighted by molar-refractivity contribution is 7.93. The molecule has 0 spiro atoms.